The SMILES string of the molecule is CCC(O)CN(Cc1ccccn1)c1ccccc1. The molecule has 1 aromatic carbocycles. The van der Waals surface area contributed by atoms with E-state index in [0.29, 0.717) is 13.1 Å². The maximum atomic E-state index is 9.91. The number of pyridine rings is 1. The number of hydrogen-bond acceptors (Lipinski definition) is 3. The summed E-state index contributed by atoms with van der Waals surface area (Å²) in [5.41, 5.74) is 2.12. The molecule has 0 aliphatic heterocycles. The molecular formula is C16H20N2O. The van der Waals surface area contributed by atoms with E-state index in [-0.39, 0.29) is 6.10 Å². The van der Waals surface area contributed by atoms with Gasteiger partial charge in [-0.2, -0.15) is 0 Å². The smallest absolute Gasteiger partial charge is 0.0712 e. The van der Waals surface area contributed by atoms with Crippen LogP contribution < -0.4 is 4.90 Å². The average Bonchev–Trinajstić information content (AvgIpc) is 2.48. The van der Waals surface area contributed by atoms with Gasteiger partial charge in [-0.05, 0) is 30.7 Å². The van der Waals surface area contributed by atoms with Gasteiger partial charge in [0.1, 0.15) is 0 Å². The normalized spacial score (nSPS) is 12.1. The molecule has 0 fully saturated rings. The summed E-state index contributed by atoms with van der Waals surface area (Å²) in [5.74, 6) is 0. The molecule has 2 aromatic rings. The molecule has 2 rings (SSSR count). The summed E-state index contributed by atoms with van der Waals surface area (Å²) < 4.78 is 0. The molecule has 1 unspecified atom stereocenters. The fraction of sp³-hybridized carbons (Fsp3) is 0.312. The molecule has 0 radical (unpaired) electrons. The lowest BCUT2D eigenvalue weighted by Gasteiger charge is -2.26. The summed E-state index contributed by atoms with van der Waals surface area (Å²) in [6.45, 7) is 3.33. The van der Waals surface area contributed by atoms with Crippen LogP contribution in [0.15, 0.2) is 54.7 Å². The topological polar surface area (TPSA) is 36.4 Å². The van der Waals surface area contributed by atoms with Crippen molar-refractivity contribution in [3.8, 4) is 0 Å². The Hall–Kier alpha value is -1.87. The van der Waals surface area contributed by atoms with Crippen LogP contribution in [-0.2, 0) is 6.54 Å². The first-order valence-electron chi connectivity index (χ1n) is 6.67. The molecule has 1 atom stereocenters. The Morgan fingerprint density at radius 3 is 2.47 bits per heavy atom. The van der Waals surface area contributed by atoms with E-state index >= 15 is 0 Å². The van der Waals surface area contributed by atoms with Crippen LogP contribution in [0, 0.1) is 0 Å². The number of anilines is 1. The molecule has 0 saturated carbocycles. The summed E-state index contributed by atoms with van der Waals surface area (Å²) in [4.78, 5) is 6.52. The van der Waals surface area contributed by atoms with Crippen LogP contribution in [0.3, 0.4) is 0 Å². The van der Waals surface area contributed by atoms with Gasteiger partial charge in [-0.1, -0.05) is 31.2 Å². The summed E-state index contributed by atoms with van der Waals surface area (Å²) >= 11 is 0. The first-order valence-corrected chi connectivity index (χ1v) is 6.67. The third kappa shape index (κ3) is 4.07. The van der Waals surface area contributed by atoms with E-state index in [1.54, 1.807) is 6.20 Å². The van der Waals surface area contributed by atoms with Gasteiger partial charge in [0.2, 0.25) is 0 Å². The molecule has 0 bridgehead atoms. The Balaban J connectivity index is 2.15. The minimum atomic E-state index is -0.316. The van der Waals surface area contributed by atoms with Gasteiger partial charge < -0.3 is 10.0 Å². The number of rotatable bonds is 6. The molecule has 3 nitrogen and oxygen atoms in total. The predicted octanol–water partition coefficient (Wildman–Crippen LogP) is 2.86. The lowest BCUT2D eigenvalue weighted by Crippen LogP contribution is -2.32. The second-order valence-electron chi connectivity index (χ2n) is 4.60. The Labute approximate surface area is 114 Å². The molecule has 19 heavy (non-hydrogen) atoms. The van der Waals surface area contributed by atoms with Crippen molar-refractivity contribution < 1.29 is 5.11 Å². The van der Waals surface area contributed by atoms with Crippen molar-refractivity contribution in [1.29, 1.82) is 0 Å². The van der Waals surface area contributed by atoms with Crippen molar-refractivity contribution in [2.75, 3.05) is 11.4 Å². The van der Waals surface area contributed by atoms with Crippen LogP contribution in [0.4, 0.5) is 5.69 Å². The number of nitrogens with zero attached hydrogens (tertiary/aromatic N) is 2. The Bertz CT molecular complexity index is 473. The highest BCUT2D eigenvalue weighted by atomic mass is 16.3. The van der Waals surface area contributed by atoms with E-state index in [9.17, 15) is 5.11 Å². The molecule has 1 N–H and O–H groups in total. The molecule has 0 spiro atoms. The number of aromatic nitrogens is 1. The molecule has 0 saturated heterocycles. The molecular weight excluding hydrogens is 236 g/mol. The summed E-state index contributed by atoms with van der Waals surface area (Å²) in [5, 5.41) is 9.91. The number of aliphatic hydroxyl groups is 1. The van der Waals surface area contributed by atoms with Gasteiger partial charge in [-0.3, -0.25) is 4.98 Å². The van der Waals surface area contributed by atoms with Gasteiger partial charge in [-0.25, -0.2) is 0 Å². The first-order chi connectivity index (χ1) is 9.29. The maximum Gasteiger partial charge on any atom is 0.0712 e. The molecule has 0 aliphatic carbocycles. The first kappa shape index (κ1) is 13.6. The maximum absolute atomic E-state index is 9.91. The van der Waals surface area contributed by atoms with Crippen molar-refractivity contribution in [1.82, 2.24) is 4.98 Å². The number of benzene rings is 1. The summed E-state index contributed by atoms with van der Waals surface area (Å²) in [6.07, 6.45) is 2.24. The van der Waals surface area contributed by atoms with Crippen LogP contribution in [0.1, 0.15) is 19.0 Å². The van der Waals surface area contributed by atoms with E-state index in [0.717, 1.165) is 17.8 Å². The van der Waals surface area contributed by atoms with E-state index < -0.39 is 0 Å². The Morgan fingerprint density at radius 2 is 1.84 bits per heavy atom. The van der Waals surface area contributed by atoms with Crippen LogP contribution in [-0.4, -0.2) is 22.7 Å². The van der Waals surface area contributed by atoms with E-state index in [1.807, 2.05) is 43.3 Å². The fourth-order valence-corrected chi connectivity index (χ4v) is 1.97. The van der Waals surface area contributed by atoms with Crippen LogP contribution >= 0.6 is 0 Å². The van der Waals surface area contributed by atoms with Crippen molar-refractivity contribution in [3.63, 3.8) is 0 Å². The Morgan fingerprint density at radius 1 is 1.11 bits per heavy atom. The highest BCUT2D eigenvalue weighted by molar-refractivity contribution is 5.46. The predicted molar refractivity (Wildman–Crippen MR) is 78.0 cm³/mol. The minimum Gasteiger partial charge on any atom is -0.391 e. The van der Waals surface area contributed by atoms with Gasteiger partial charge >= 0.3 is 0 Å². The van der Waals surface area contributed by atoms with E-state index in [4.69, 9.17) is 0 Å². The summed E-state index contributed by atoms with van der Waals surface area (Å²) in [7, 11) is 0. The lowest BCUT2D eigenvalue weighted by atomic mass is 10.2. The fourth-order valence-electron chi connectivity index (χ4n) is 1.97. The van der Waals surface area contributed by atoms with Gasteiger partial charge in [0.25, 0.3) is 0 Å². The lowest BCUT2D eigenvalue weighted by molar-refractivity contribution is 0.175. The third-order valence-electron chi connectivity index (χ3n) is 3.10. The number of para-hydroxylation sites is 1. The number of hydrogen-bond donors (Lipinski definition) is 1. The zero-order valence-electron chi connectivity index (χ0n) is 11.2. The molecule has 0 aliphatic rings. The van der Waals surface area contributed by atoms with Gasteiger partial charge in [0, 0.05) is 18.4 Å². The molecule has 100 valence electrons. The van der Waals surface area contributed by atoms with Crippen LogP contribution in [0.25, 0.3) is 0 Å². The highest BCUT2D eigenvalue weighted by Gasteiger charge is 2.12. The zero-order valence-corrected chi connectivity index (χ0v) is 11.2. The van der Waals surface area contributed by atoms with Gasteiger partial charge in [-0.15, -0.1) is 0 Å². The molecule has 0 amide bonds. The van der Waals surface area contributed by atoms with E-state index in [1.165, 1.54) is 0 Å². The molecule has 1 aromatic heterocycles. The van der Waals surface area contributed by atoms with Crippen molar-refractivity contribution in [3.05, 3.63) is 60.4 Å². The molecule has 1 heterocycles. The monoisotopic (exact) mass is 256 g/mol. The Kier molecular flexibility index (Phi) is 4.93. The van der Waals surface area contributed by atoms with Crippen LogP contribution in [0.2, 0.25) is 0 Å². The quantitative estimate of drug-likeness (QED) is 0.863. The van der Waals surface area contributed by atoms with Crippen molar-refractivity contribution in [2.45, 2.75) is 26.0 Å². The molecule has 3 heteroatoms. The van der Waals surface area contributed by atoms with Gasteiger partial charge in [0.15, 0.2) is 0 Å². The van der Waals surface area contributed by atoms with Gasteiger partial charge in [0.05, 0.1) is 18.3 Å². The second-order valence-corrected chi connectivity index (χ2v) is 4.60. The van der Waals surface area contributed by atoms with E-state index in [2.05, 4.69) is 22.0 Å². The van der Waals surface area contributed by atoms with Crippen molar-refractivity contribution >= 4 is 5.69 Å². The zero-order chi connectivity index (χ0) is 13.5. The highest BCUT2D eigenvalue weighted by Crippen LogP contribution is 2.16. The number of aliphatic hydroxyl groups excluding tert-OH is 1. The third-order valence-corrected chi connectivity index (χ3v) is 3.10. The standard InChI is InChI=1S/C16H20N2O/c1-2-16(19)13-18(15-9-4-3-5-10-15)12-14-8-6-7-11-17-14/h3-11,16,19H,2,12-13H2,1H3. The minimum absolute atomic E-state index is 0.316. The van der Waals surface area contributed by atoms with Crippen molar-refractivity contribution in [2.24, 2.45) is 0 Å². The van der Waals surface area contributed by atoms with Crippen LogP contribution in [0.5, 0.6) is 0 Å². The second kappa shape index (κ2) is 6.90. The summed E-state index contributed by atoms with van der Waals surface area (Å²) in [6, 6.07) is 16.1. The largest absolute Gasteiger partial charge is 0.391 e. The average molecular weight is 256 g/mol.